The molecule has 0 radical (unpaired) electrons. The van der Waals surface area contributed by atoms with E-state index < -0.39 is 0 Å². The van der Waals surface area contributed by atoms with Crippen molar-refractivity contribution in [1.29, 1.82) is 0 Å². The van der Waals surface area contributed by atoms with Gasteiger partial charge in [0.15, 0.2) is 0 Å². The third-order valence-corrected chi connectivity index (χ3v) is 4.36. The van der Waals surface area contributed by atoms with Gasteiger partial charge in [-0.2, -0.15) is 4.98 Å². The largest absolute Gasteiger partial charge is 0.368 e. The van der Waals surface area contributed by atoms with Gasteiger partial charge in [0, 0.05) is 44.4 Å². The summed E-state index contributed by atoms with van der Waals surface area (Å²) in [6, 6.07) is 1.94. The molecule has 1 aromatic rings. The highest BCUT2D eigenvalue weighted by Gasteiger charge is 2.24. The van der Waals surface area contributed by atoms with Crippen molar-refractivity contribution in [3.8, 4) is 0 Å². The number of hydrogen-bond donors (Lipinski definition) is 1. The Balaban J connectivity index is 1.55. The number of carbonyl (C=O) groups excluding carboxylic acids is 1. The number of allylic oxidation sites excluding steroid dienone is 2. The Bertz CT molecular complexity index is 558. The molecular weight excluding hydrogens is 278 g/mol. The number of aromatic nitrogens is 2. The topological polar surface area (TPSA) is 75.3 Å². The summed E-state index contributed by atoms with van der Waals surface area (Å²) in [6.07, 6.45) is 7.24. The molecule has 3 rings (SSSR count). The average Bonchev–Trinajstić information content (AvgIpc) is 2.99. The molecule has 1 amide bonds. The van der Waals surface area contributed by atoms with Gasteiger partial charge in [-0.25, -0.2) is 4.98 Å². The fourth-order valence-electron chi connectivity index (χ4n) is 3.14. The molecule has 2 heterocycles. The average molecular weight is 301 g/mol. The van der Waals surface area contributed by atoms with E-state index in [4.69, 9.17) is 5.73 Å². The number of amides is 1. The molecule has 1 saturated heterocycles. The molecule has 0 saturated carbocycles. The Morgan fingerprint density at radius 3 is 2.73 bits per heavy atom. The summed E-state index contributed by atoms with van der Waals surface area (Å²) in [5, 5.41) is 0. The molecule has 6 heteroatoms. The van der Waals surface area contributed by atoms with E-state index in [0.29, 0.717) is 18.3 Å². The maximum atomic E-state index is 12.3. The minimum atomic E-state index is 0.273. The zero-order valence-electron chi connectivity index (χ0n) is 13.0. The zero-order chi connectivity index (χ0) is 15.5. The molecule has 1 aromatic heterocycles. The van der Waals surface area contributed by atoms with E-state index in [1.165, 1.54) is 0 Å². The highest BCUT2D eigenvalue weighted by atomic mass is 16.2. The normalized spacial score (nSPS) is 21.4. The highest BCUT2D eigenvalue weighted by Crippen LogP contribution is 2.22. The van der Waals surface area contributed by atoms with Crippen molar-refractivity contribution in [3.05, 3.63) is 23.9 Å². The number of nitrogen functional groups attached to an aromatic ring is 1. The van der Waals surface area contributed by atoms with E-state index in [9.17, 15) is 4.79 Å². The Kier molecular flexibility index (Phi) is 4.27. The molecule has 118 valence electrons. The Hall–Kier alpha value is -2.11. The van der Waals surface area contributed by atoms with E-state index in [0.717, 1.165) is 50.5 Å². The van der Waals surface area contributed by atoms with Crippen LogP contribution in [-0.4, -0.2) is 47.0 Å². The fraction of sp³-hybridized carbons (Fsp3) is 0.562. The van der Waals surface area contributed by atoms with Gasteiger partial charge < -0.3 is 15.5 Å². The molecule has 1 atom stereocenters. The first-order valence-corrected chi connectivity index (χ1v) is 7.92. The molecule has 1 fully saturated rings. The van der Waals surface area contributed by atoms with Gasteiger partial charge >= 0.3 is 0 Å². The molecule has 6 nitrogen and oxygen atoms in total. The Labute approximate surface area is 131 Å². The Morgan fingerprint density at radius 2 is 2.09 bits per heavy atom. The summed E-state index contributed by atoms with van der Waals surface area (Å²) in [5.41, 5.74) is 6.58. The van der Waals surface area contributed by atoms with Gasteiger partial charge in [0.1, 0.15) is 5.82 Å². The number of hydrogen-bond acceptors (Lipinski definition) is 5. The molecule has 0 spiro atoms. The zero-order valence-corrected chi connectivity index (χ0v) is 13.0. The standard InChI is InChI=1S/C16H23N5O/c1-12-10-14(19-16(17)18-12)20-6-8-21(9-7-20)15(22)11-13-4-2-3-5-13/h2,4,10,13H,3,5-9,11H2,1H3,(H2,17,18,19)/t13-/m0/s1. The second-order valence-corrected chi connectivity index (χ2v) is 6.06. The van der Waals surface area contributed by atoms with Crippen LogP contribution in [0, 0.1) is 12.8 Å². The molecule has 0 bridgehead atoms. The van der Waals surface area contributed by atoms with Gasteiger partial charge in [0.2, 0.25) is 11.9 Å². The fourth-order valence-corrected chi connectivity index (χ4v) is 3.14. The molecule has 1 aliphatic carbocycles. The van der Waals surface area contributed by atoms with E-state index in [1.807, 2.05) is 17.9 Å². The second-order valence-electron chi connectivity index (χ2n) is 6.06. The van der Waals surface area contributed by atoms with Crippen molar-refractivity contribution in [1.82, 2.24) is 14.9 Å². The highest BCUT2D eigenvalue weighted by molar-refractivity contribution is 5.77. The van der Waals surface area contributed by atoms with Crippen LogP contribution in [0.4, 0.5) is 11.8 Å². The van der Waals surface area contributed by atoms with Crippen LogP contribution in [0.25, 0.3) is 0 Å². The van der Waals surface area contributed by atoms with Gasteiger partial charge in [-0.1, -0.05) is 12.2 Å². The van der Waals surface area contributed by atoms with Crippen molar-refractivity contribution in [2.75, 3.05) is 36.8 Å². The first-order valence-electron chi connectivity index (χ1n) is 7.92. The smallest absolute Gasteiger partial charge is 0.223 e. The van der Waals surface area contributed by atoms with Crippen LogP contribution >= 0.6 is 0 Å². The molecule has 22 heavy (non-hydrogen) atoms. The third-order valence-electron chi connectivity index (χ3n) is 4.36. The van der Waals surface area contributed by atoms with Gasteiger partial charge in [-0.05, 0) is 25.7 Å². The van der Waals surface area contributed by atoms with Crippen molar-refractivity contribution in [2.24, 2.45) is 5.92 Å². The first kappa shape index (κ1) is 14.8. The predicted octanol–water partition coefficient (Wildman–Crippen LogP) is 1.37. The van der Waals surface area contributed by atoms with E-state index in [-0.39, 0.29) is 5.91 Å². The van der Waals surface area contributed by atoms with Crippen LogP contribution in [0.15, 0.2) is 18.2 Å². The number of nitrogens with two attached hydrogens (primary N) is 1. The van der Waals surface area contributed by atoms with E-state index >= 15 is 0 Å². The lowest BCUT2D eigenvalue weighted by molar-refractivity contribution is -0.132. The molecule has 2 aliphatic rings. The monoisotopic (exact) mass is 301 g/mol. The Morgan fingerprint density at radius 1 is 1.32 bits per heavy atom. The maximum absolute atomic E-state index is 12.3. The third kappa shape index (κ3) is 3.37. The minimum absolute atomic E-state index is 0.273. The molecule has 0 unspecified atom stereocenters. The van der Waals surface area contributed by atoms with Crippen LogP contribution in [0.2, 0.25) is 0 Å². The quantitative estimate of drug-likeness (QED) is 0.854. The van der Waals surface area contributed by atoms with Crippen LogP contribution in [-0.2, 0) is 4.79 Å². The minimum Gasteiger partial charge on any atom is -0.368 e. The van der Waals surface area contributed by atoms with Crippen molar-refractivity contribution >= 4 is 17.7 Å². The van der Waals surface area contributed by atoms with Crippen molar-refractivity contribution in [2.45, 2.75) is 26.2 Å². The summed E-state index contributed by atoms with van der Waals surface area (Å²) in [6.45, 7) is 5.00. The van der Waals surface area contributed by atoms with Crippen LogP contribution in [0.5, 0.6) is 0 Å². The van der Waals surface area contributed by atoms with E-state index in [2.05, 4.69) is 27.0 Å². The molecule has 1 aliphatic heterocycles. The van der Waals surface area contributed by atoms with Crippen molar-refractivity contribution in [3.63, 3.8) is 0 Å². The summed E-state index contributed by atoms with van der Waals surface area (Å²) in [4.78, 5) is 24.9. The second kappa shape index (κ2) is 6.34. The van der Waals surface area contributed by atoms with Crippen molar-refractivity contribution < 1.29 is 4.79 Å². The number of piperazine rings is 1. The first-order chi connectivity index (χ1) is 10.6. The van der Waals surface area contributed by atoms with Crippen LogP contribution in [0.3, 0.4) is 0 Å². The molecular formula is C16H23N5O. The summed E-state index contributed by atoms with van der Waals surface area (Å²) in [5.74, 6) is 1.88. The number of nitrogens with zero attached hydrogens (tertiary/aromatic N) is 4. The summed E-state index contributed by atoms with van der Waals surface area (Å²) < 4.78 is 0. The maximum Gasteiger partial charge on any atom is 0.223 e. The summed E-state index contributed by atoms with van der Waals surface area (Å²) >= 11 is 0. The van der Waals surface area contributed by atoms with E-state index in [1.54, 1.807) is 0 Å². The van der Waals surface area contributed by atoms with Gasteiger partial charge in [-0.3, -0.25) is 4.79 Å². The number of rotatable bonds is 3. The number of aryl methyl sites for hydroxylation is 1. The van der Waals surface area contributed by atoms with Crippen LogP contribution in [0.1, 0.15) is 25.0 Å². The van der Waals surface area contributed by atoms with Gasteiger partial charge in [0.05, 0.1) is 0 Å². The molecule has 2 N–H and O–H groups in total. The van der Waals surface area contributed by atoms with Gasteiger partial charge in [-0.15, -0.1) is 0 Å². The molecule has 0 aromatic carbocycles. The predicted molar refractivity (Wildman–Crippen MR) is 86.5 cm³/mol. The lowest BCUT2D eigenvalue weighted by Gasteiger charge is -2.35. The number of anilines is 2. The number of carbonyl (C=O) groups is 1. The summed E-state index contributed by atoms with van der Waals surface area (Å²) in [7, 11) is 0. The van der Waals surface area contributed by atoms with Crippen LogP contribution < -0.4 is 10.6 Å². The SMILES string of the molecule is Cc1cc(N2CCN(C(=O)C[C@H]3C=CCC3)CC2)nc(N)n1. The lowest BCUT2D eigenvalue weighted by Crippen LogP contribution is -2.49. The lowest BCUT2D eigenvalue weighted by atomic mass is 10.0. The van der Waals surface area contributed by atoms with Gasteiger partial charge in [0.25, 0.3) is 0 Å².